The minimum atomic E-state index is -0.00544. The molecule has 1 aromatic heterocycles. The van der Waals surface area contributed by atoms with E-state index in [2.05, 4.69) is 20.4 Å². The van der Waals surface area contributed by atoms with Crippen molar-refractivity contribution in [1.29, 1.82) is 0 Å². The number of amides is 1. The number of aliphatic imine (C=N–C) groups is 1. The number of nitrogens with one attached hydrogen (secondary N) is 1. The van der Waals surface area contributed by atoms with Gasteiger partial charge in [-0.05, 0) is 37.1 Å². The van der Waals surface area contributed by atoms with Gasteiger partial charge >= 0.3 is 6.01 Å². The number of piperidine rings is 1. The zero-order valence-corrected chi connectivity index (χ0v) is 15.9. The third-order valence-corrected chi connectivity index (χ3v) is 5.61. The van der Waals surface area contributed by atoms with Gasteiger partial charge in [0, 0.05) is 30.3 Å². The predicted octanol–water partition coefficient (Wildman–Crippen LogP) is 2.18. The number of carbonyl (C=O) groups excluding carboxylic acids is 1. The van der Waals surface area contributed by atoms with Crippen LogP contribution in [0.25, 0.3) is 11.4 Å². The molecule has 8 nitrogen and oxygen atoms in total. The number of rotatable bonds is 4. The maximum absolute atomic E-state index is 12.4. The normalized spacial score (nSPS) is 17.7. The molecule has 1 saturated heterocycles. The lowest BCUT2D eigenvalue weighted by Gasteiger charge is -2.29. The Morgan fingerprint density at radius 3 is 2.74 bits per heavy atom. The fraction of sp³-hybridized carbons (Fsp3) is 0.444. The maximum atomic E-state index is 12.4. The van der Waals surface area contributed by atoms with Gasteiger partial charge in [0.05, 0.1) is 13.7 Å². The van der Waals surface area contributed by atoms with Gasteiger partial charge in [-0.2, -0.15) is 4.98 Å². The minimum absolute atomic E-state index is 0.00544. The molecule has 1 amide bonds. The van der Waals surface area contributed by atoms with Gasteiger partial charge in [-0.1, -0.05) is 16.9 Å². The molecular weight excluding hydrogens is 366 g/mol. The van der Waals surface area contributed by atoms with E-state index in [9.17, 15) is 4.79 Å². The fourth-order valence-corrected chi connectivity index (χ4v) is 3.88. The maximum Gasteiger partial charge on any atom is 0.324 e. The molecule has 4 rings (SSSR count). The molecule has 0 atom stereocenters. The van der Waals surface area contributed by atoms with E-state index in [0.717, 1.165) is 41.6 Å². The molecule has 3 heterocycles. The van der Waals surface area contributed by atoms with Crippen LogP contribution in [-0.2, 0) is 4.79 Å². The van der Waals surface area contributed by atoms with Crippen LogP contribution in [0.5, 0.6) is 5.75 Å². The number of methoxy groups -OCH3 is 1. The summed E-state index contributed by atoms with van der Waals surface area (Å²) in [4.78, 5) is 23.2. The molecule has 0 unspecified atom stereocenters. The van der Waals surface area contributed by atoms with Crippen LogP contribution in [0, 0.1) is 5.92 Å². The second-order valence-electron chi connectivity index (χ2n) is 6.41. The van der Waals surface area contributed by atoms with E-state index >= 15 is 0 Å². The Kier molecular flexibility index (Phi) is 5.28. The van der Waals surface area contributed by atoms with Gasteiger partial charge in [0.15, 0.2) is 5.17 Å². The zero-order chi connectivity index (χ0) is 18.6. The molecule has 0 aliphatic carbocycles. The van der Waals surface area contributed by atoms with Crippen molar-refractivity contribution < 1.29 is 14.1 Å². The van der Waals surface area contributed by atoms with Crippen molar-refractivity contribution in [2.45, 2.75) is 12.8 Å². The molecule has 0 spiro atoms. The lowest BCUT2D eigenvalue weighted by molar-refractivity contribution is -0.124. The second-order valence-corrected chi connectivity index (χ2v) is 7.50. The number of anilines is 1. The molecule has 1 aromatic carbocycles. The van der Waals surface area contributed by atoms with Crippen molar-refractivity contribution in [3.8, 4) is 17.1 Å². The third-order valence-electron chi connectivity index (χ3n) is 4.72. The summed E-state index contributed by atoms with van der Waals surface area (Å²) in [6.07, 6.45) is 1.51. The molecule has 27 heavy (non-hydrogen) atoms. The lowest BCUT2D eigenvalue weighted by Crippen LogP contribution is -2.41. The number of thioether (sulfide) groups is 1. The van der Waals surface area contributed by atoms with Crippen LogP contribution < -0.4 is 15.0 Å². The van der Waals surface area contributed by atoms with Gasteiger partial charge in [-0.3, -0.25) is 9.79 Å². The van der Waals surface area contributed by atoms with Crippen molar-refractivity contribution >= 4 is 28.9 Å². The van der Waals surface area contributed by atoms with E-state index in [0.29, 0.717) is 24.9 Å². The minimum Gasteiger partial charge on any atom is -0.497 e. The number of hydrogen-bond acceptors (Lipinski definition) is 8. The van der Waals surface area contributed by atoms with Crippen LogP contribution >= 0.6 is 11.8 Å². The number of ether oxygens (including phenoxy) is 1. The van der Waals surface area contributed by atoms with Gasteiger partial charge in [-0.25, -0.2) is 0 Å². The Balaban J connectivity index is 1.34. The number of aromatic nitrogens is 2. The first kappa shape index (κ1) is 17.8. The van der Waals surface area contributed by atoms with Gasteiger partial charge in [-0.15, -0.1) is 0 Å². The Morgan fingerprint density at radius 1 is 1.30 bits per heavy atom. The average Bonchev–Trinajstić information content (AvgIpc) is 3.40. The molecule has 2 aliphatic rings. The van der Waals surface area contributed by atoms with E-state index in [1.807, 2.05) is 29.2 Å². The average molecular weight is 387 g/mol. The number of carbonyl (C=O) groups is 1. The molecule has 142 valence electrons. The van der Waals surface area contributed by atoms with Gasteiger partial charge < -0.3 is 19.5 Å². The van der Waals surface area contributed by atoms with Gasteiger partial charge in [0.2, 0.25) is 11.7 Å². The number of hydrogen-bond donors (Lipinski definition) is 1. The highest BCUT2D eigenvalue weighted by Crippen LogP contribution is 2.26. The SMILES string of the molecule is COc1ccc(-c2noc(N3CCC(C(=O)NC4=NCCS4)CC3)n2)cc1. The van der Waals surface area contributed by atoms with Crippen LogP contribution in [0.3, 0.4) is 0 Å². The molecule has 2 aliphatic heterocycles. The van der Waals surface area contributed by atoms with E-state index in [1.54, 1.807) is 18.9 Å². The number of benzene rings is 1. The standard InChI is InChI=1S/C18H21N5O3S/c1-25-14-4-2-12(3-5-14)15-20-18(26-22-15)23-9-6-13(7-10-23)16(24)21-17-19-8-11-27-17/h2-5,13H,6-11H2,1H3,(H,19,21,24). The van der Waals surface area contributed by atoms with Crippen molar-refractivity contribution in [3.63, 3.8) is 0 Å². The van der Waals surface area contributed by atoms with Crippen molar-refractivity contribution in [2.75, 3.05) is 37.4 Å². The summed E-state index contributed by atoms with van der Waals surface area (Å²) in [6.45, 7) is 2.20. The Bertz CT molecular complexity index is 828. The monoisotopic (exact) mass is 387 g/mol. The summed E-state index contributed by atoms with van der Waals surface area (Å²) in [5.74, 6) is 2.33. The van der Waals surface area contributed by atoms with Crippen LogP contribution in [0.4, 0.5) is 6.01 Å². The quantitative estimate of drug-likeness (QED) is 0.859. The topological polar surface area (TPSA) is 92.9 Å². The second kappa shape index (κ2) is 7.99. The summed E-state index contributed by atoms with van der Waals surface area (Å²) in [7, 11) is 1.63. The molecule has 1 N–H and O–H groups in total. The predicted molar refractivity (Wildman–Crippen MR) is 104 cm³/mol. The summed E-state index contributed by atoms with van der Waals surface area (Å²) in [5.41, 5.74) is 0.870. The van der Waals surface area contributed by atoms with Gasteiger partial charge in [0.25, 0.3) is 0 Å². The largest absolute Gasteiger partial charge is 0.497 e. The van der Waals surface area contributed by atoms with Crippen LogP contribution in [0.15, 0.2) is 33.8 Å². The highest BCUT2D eigenvalue weighted by Gasteiger charge is 2.28. The summed E-state index contributed by atoms with van der Waals surface area (Å²) in [6, 6.07) is 8.02. The molecule has 9 heteroatoms. The summed E-state index contributed by atoms with van der Waals surface area (Å²) in [5, 5.41) is 7.76. The third kappa shape index (κ3) is 4.08. The van der Waals surface area contributed by atoms with Crippen LogP contribution in [-0.4, -0.2) is 53.7 Å². The molecule has 0 bridgehead atoms. The van der Waals surface area contributed by atoms with E-state index in [-0.39, 0.29) is 11.8 Å². The Labute approximate surface area is 161 Å². The van der Waals surface area contributed by atoms with Crippen molar-refractivity contribution in [1.82, 2.24) is 15.5 Å². The first-order valence-corrected chi connectivity index (χ1v) is 9.92. The number of amidine groups is 1. The first-order chi connectivity index (χ1) is 13.2. The molecule has 2 aromatic rings. The molecular formula is C18H21N5O3S. The Hall–Kier alpha value is -2.55. The molecule has 1 fully saturated rings. The van der Waals surface area contributed by atoms with Crippen molar-refractivity contribution in [2.24, 2.45) is 10.9 Å². The van der Waals surface area contributed by atoms with Gasteiger partial charge in [0.1, 0.15) is 5.75 Å². The Morgan fingerprint density at radius 2 is 2.07 bits per heavy atom. The highest BCUT2D eigenvalue weighted by atomic mass is 32.2. The fourth-order valence-electron chi connectivity index (χ4n) is 3.15. The lowest BCUT2D eigenvalue weighted by atomic mass is 9.96. The zero-order valence-electron chi connectivity index (χ0n) is 15.1. The molecule has 0 radical (unpaired) electrons. The summed E-state index contributed by atoms with van der Waals surface area (Å²) < 4.78 is 10.6. The summed E-state index contributed by atoms with van der Waals surface area (Å²) >= 11 is 1.60. The number of nitrogens with zero attached hydrogens (tertiary/aromatic N) is 4. The first-order valence-electron chi connectivity index (χ1n) is 8.94. The van der Waals surface area contributed by atoms with Crippen LogP contribution in [0.2, 0.25) is 0 Å². The van der Waals surface area contributed by atoms with Crippen molar-refractivity contribution in [3.05, 3.63) is 24.3 Å². The van der Waals surface area contributed by atoms with Crippen LogP contribution in [0.1, 0.15) is 12.8 Å². The molecule has 0 saturated carbocycles. The van der Waals surface area contributed by atoms with E-state index in [1.165, 1.54) is 0 Å². The highest BCUT2D eigenvalue weighted by molar-refractivity contribution is 8.14. The van der Waals surface area contributed by atoms with E-state index < -0.39 is 0 Å². The van der Waals surface area contributed by atoms with E-state index in [4.69, 9.17) is 9.26 Å². The smallest absolute Gasteiger partial charge is 0.324 e.